The summed E-state index contributed by atoms with van der Waals surface area (Å²) in [5.41, 5.74) is 1.21. The molecule has 22 heavy (non-hydrogen) atoms. The maximum atomic E-state index is 12.9. The largest absolute Gasteiger partial charge is 0.342 e. The van der Waals surface area contributed by atoms with E-state index in [1.54, 1.807) is 0 Å². The van der Waals surface area contributed by atoms with Crippen LogP contribution in [0.3, 0.4) is 0 Å². The number of piperidine rings is 1. The van der Waals surface area contributed by atoms with Gasteiger partial charge in [0.2, 0.25) is 5.91 Å². The topological polar surface area (TPSA) is 23.6 Å². The second-order valence-electron chi connectivity index (χ2n) is 6.12. The molecule has 3 nitrogen and oxygen atoms in total. The summed E-state index contributed by atoms with van der Waals surface area (Å²) in [6.07, 6.45) is 3.24. The third-order valence-corrected chi connectivity index (χ3v) is 4.62. The zero-order chi connectivity index (χ0) is 15.9. The van der Waals surface area contributed by atoms with E-state index in [9.17, 15) is 9.18 Å². The van der Waals surface area contributed by atoms with E-state index in [1.165, 1.54) is 17.7 Å². The lowest BCUT2D eigenvalue weighted by molar-refractivity contribution is -0.132. The van der Waals surface area contributed by atoms with Crippen molar-refractivity contribution in [3.8, 4) is 0 Å². The molecule has 1 aromatic rings. The Morgan fingerprint density at radius 3 is 2.32 bits per heavy atom. The van der Waals surface area contributed by atoms with Crippen molar-refractivity contribution in [1.29, 1.82) is 0 Å². The predicted octanol–water partition coefficient (Wildman–Crippen LogP) is 2.95. The summed E-state index contributed by atoms with van der Waals surface area (Å²) in [6.45, 7) is 8.14. The van der Waals surface area contributed by atoms with Gasteiger partial charge in [-0.15, -0.1) is 0 Å². The quantitative estimate of drug-likeness (QED) is 0.807. The van der Waals surface area contributed by atoms with Crippen molar-refractivity contribution in [2.75, 3.05) is 32.7 Å². The first-order valence-corrected chi connectivity index (χ1v) is 8.37. The van der Waals surface area contributed by atoms with Crippen molar-refractivity contribution >= 4 is 5.91 Å². The van der Waals surface area contributed by atoms with Crippen molar-refractivity contribution in [3.05, 3.63) is 35.6 Å². The minimum absolute atomic E-state index is 0.173. The summed E-state index contributed by atoms with van der Waals surface area (Å²) in [5.74, 6) is 0.709. The van der Waals surface area contributed by atoms with Crippen molar-refractivity contribution < 1.29 is 9.18 Å². The summed E-state index contributed by atoms with van der Waals surface area (Å²) in [7, 11) is 0. The van der Waals surface area contributed by atoms with Crippen LogP contribution in [0.25, 0.3) is 0 Å². The highest BCUT2D eigenvalue weighted by molar-refractivity contribution is 5.78. The first kappa shape index (κ1) is 16.9. The third-order valence-electron chi connectivity index (χ3n) is 4.62. The molecule has 0 spiro atoms. The molecule has 0 aromatic heterocycles. The zero-order valence-corrected chi connectivity index (χ0v) is 13.7. The number of carbonyl (C=O) groups excluding carboxylic acids is 1. The fourth-order valence-corrected chi connectivity index (χ4v) is 3.17. The lowest BCUT2D eigenvalue weighted by Crippen LogP contribution is -2.43. The SMILES string of the molecule is CCN(CC)C(=O)CN1CCC(Cc2ccc(F)cc2)CC1. The molecule has 1 amide bonds. The molecule has 4 heteroatoms. The van der Waals surface area contributed by atoms with Gasteiger partial charge in [-0.05, 0) is 69.8 Å². The maximum Gasteiger partial charge on any atom is 0.236 e. The number of likely N-dealkylation sites (N-methyl/N-ethyl adjacent to an activating group) is 1. The summed E-state index contributed by atoms with van der Waals surface area (Å²) in [4.78, 5) is 16.3. The van der Waals surface area contributed by atoms with Crippen LogP contribution in [-0.4, -0.2) is 48.4 Å². The van der Waals surface area contributed by atoms with Gasteiger partial charge in [0.15, 0.2) is 0 Å². The average Bonchev–Trinajstić information content (AvgIpc) is 2.53. The van der Waals surface area contributed by atoms with E-state index in [0.717, 1.165) is 45.4 Å². The third kappa shape index (κ3) is 4.80. The Bertz CT molecular complexity index is 462. The van der Waals surface area contributed by atoms with Gasteiger partial charge in [0.1, 0.15) is 5.82 Å². The van der Waals surface area contributed by atoms with Crippen LogP contribution in [0.4, 0.5) is 4.39 Å². The van der Waals surface area contributed by atoms with Gasteiger partial charge in [0, 0.05) is 13.1 Å². The number of nitrogens with zero attached hydrogens (tertiary/aromatic N) is 2. The van der Waals surface area contributed by atoms with Crippen LogP contribution >= 0.6 is 0 Å². The Labute approximate surface area is 133 Å². The number of carbonyl (C=O) groups is 1. The van der Waals surface area contributed by atoms with Gasteiger partial charge in [-0.3, -0.25) is 9.69 Å². The first-order chi connectivity index (χ1) is 10.6. The van der Waals surface area contributed by atoms with Crippen LogP contribution in [0.2, 0.25) is 0 Å². The molecule has 1 fully saturated rings. The average molecular weight is 306 g/mol. The molecule has 122 valence electrons. The van der Waals surface area contributed by atoms with Crippen LogP contribution < -0.4 is 0 Å². The van der Waals surface area contributed by atoms with Crippen LogP contribution in [0, 0.1) is 11.7 Å². The monoisotopic (exact) mass is 306 g/mol. The summed E-state index contributed by atoms with van der Waals surface area (Å²) in [6, 6.07) is 6.83. The predicted molar refractivity (Wildman–Crippen MR) is 87.2 cm³/mol. The lowest BCUT2D eigenvalue weighted by Gasteiger charge is -2.32. The van der Waals surface area contributed by atoms with Gasteiger partial charge in [-0.2, -0.15) is 0 Å². The molecule has 1 aliphatic rings. The number of hydrogen-bond acceptors (Lipinski definition) is 2. The lowest BCUT2D eigenvalue weighted by atomic mass is 9.90. The van der Waals surface area contributed by atoms with E-state index in [1.807, 2.05) is 30.9 Å². The fourth-order valence-electron chi connectivity index (χ4n) is 3.17. The molecule has 0 N–H and O–H groups in total. The number of rotatable bonds is 6. The minimum Gasteiger partial charge on any atom is -0.342 e. The van der Waals surface area contributed by atoms with Gasteiger partial charge in [0.05, 0.1) is 6.54 Å². The zero-order valence-electron chi connectivity index (χ0n) is 13.7. The van der Waals surface area contributed by atoms with Crippen molar-refractivity contribution in [1.82, 2.24) is 9.80 Å². The van der Waals surface area contributed by atoms with Gasteiger partial charge in [-0.1, -0.05) is 12.1 Å². The summed E-state index contributed by atoms with van der Waals surface area (Å²) in [5, 5.41) is 0. The van der Waals surface area contributed by atoms with E-state index >= 15 is 0 Å². The molecule has 0 radical (unpaired) electrons. The van der Waals surface area contributed by atoms with E-state index in [0.29, 0.717) is 12.5 Å². The molecule has 0 saturated carbocycles. The highest BCUT2D eigenvalue weighted by Crippen LogP contribution is 2.21. The Hall–Kier alpha value is -1.42. The molecule has 0 unspecified atom stereocenters. The number of halogens is 1. The van der Waals surface area contributed by atoms with Crippen LogP contribution in [0.15, 0.2) is 24.3 Å². The molecule has 2 rings (SSSR count). The van der Waals surface area contributed by atoms with Gasteiger partial charge < -0.3 is 4.90 Å². The highest BCUT2D eigenvalue weighted by atomic mass is 19.1. The molecule has 0 bridgehead atoms. The van der Waals surface area contributed by atoms with Crippen molar-refractivity contribution in [2.45, 2.75) is 33.1 Å². The molecular formula is C18H27FN2O. The van der Waals surface area contributed by atoms with Gasteiger partial charge in [0.25, 0.3) is 0 Å². The van der Waals surface area contributed by atoms with Crippen molar-refractivity contribution in [3.63, 3.8) is 0 Å². The highest BCUT2D eigenvalue weighted by Gasteiger charge is 2.22. The number of amides is 1. The fraction of sp³-hybridized carbons (Fsp3) is 0.611. The number of likely N-dealkylation sites (tertiary alicyclic amines) is 1. The Morgan fingerprint density at radius 2 is 1.77 bits per heavy atom. The molecule has 0 aliphatic carbocycles. The maximum absolute atomic E-state index is 12.9. The standard InChI is InChI=1S/C18H27FN2O/c1-3-21(4-2)18(22)14-20-11-9-16(10-12-20)13-15-5-7-17(19)8-6-15/h5-8,16H,3-4,9-14H2,1-2H3. The van der Waals surface area contributed by atoms with E-state index in [2.05, 4.69) is 4.90 Å². The van der Waals surface area contributed by atoms with Gasteiger partial charge in [-0.25, -0.2) is 4.39 Å². The van der Waals surface area contributed by atoms with E-state index in [-0.39, 0.29) is 11.7 Å². The Kier molecular flexibility index (Phi) is 6.37. The molecule has 1 heterocycles. The summed E-state index contributed by atoms with van der Waals surface area (Å²) < 4.78 is 12.9. The minimum atomic E-state index is -0.173. The Balaban J connectivity index is 1.75. The molecule has 1 aliphatic heterocycles. The number of hydrogen-bond donors (Lipinski definition) is 0. The van der Waals surface area contributed by atoms with E-state index < -0.39 is 0 Å². The molecule has 1 saturated heterocycles. The molecule has 1 aromatic carbocycles. The first-order valence-electron chi connectivity index (χ1n) is 8.37. The smallest absolute Gasteiger partial charge is 0.236 e. The van der Waals surface area contributed by atoms with Crippen molar-refractivity contribution in [2.24, 2.45) is 5.92 Å². The normalized spacial score (nSPS) is 16.7. The molecular weight excluding hydrogens is 279 g/mol. The van der Waals surface area contributed by atoms with Crippen LogP contribution in [0.5, 0.6) is 0 Å². The van der Waals surface area contributed by atoms with Crippen LogP contribution in [0.1, 0.15) is 32.3 Å². The second-order valence-corrected chi connectivity index (χ2v) is 6.12. The van der Waals surface area contributed by atoms with Crippen LogP contribution in [-0.2, 0) is 11.2 Å². The number of benzene rings is 1. The van der Waals surface area contributed by atoms with Gasteiger partial charge >= 0.3 is 0 Å². The summed E-state index contributed by atoms with van der Waals surface area (Å²) >= 11 is 0. The second kappa shape index (κ2) is 8.28. The van der Waals surface area contributed by atoms with E-state index in [4.69, 9.17) is 0 Å². The Morgan fingerprint density at radius 1 is 1.18 bits per heavy atom. The molecule has 0 atom stereocenters.